The first-order chi connectivity index (χ1) is 15.6. The number of nitrogens with zero attached hydrogens (tertiary/aromatic N) is 3. The summed E-state index contributed by atoms with van der Waals surface area (Å²) in [5, 5.41) is 10.5. The number of nitrogens with one attached hydrogen (secondary N) is 2. The van der Waals surface area contributed by atoms with Crippen LogP contribution in [0.4, 0.5) is 11.8 Å². The summed E-state index contributed by atoms with van der Waals surface area (Å²) in [5.41, 5.74) is 0.976. The monoisotopic (exact) mass is 465 g/mol. The summed E-state index contributed by atoms with van der Waals surface area (Å²) in [6, 6.07) is 17.5. The van der Waals surface area contributed by atoms with E-state index in [0.717, 1.165) is 65.3 Å². The van der Waals surface area contributed by atoms with Crippen LogP contribution in [-0.2, 0) is 6.54 Å². The van der Waals surface area contributed by atoms with Crippen LogP contribution >= 0.6 is 22.9 Å². The molecule has 1 aliphatic rings. The SMILES string of the molecule is CN(C)c1nc(N[C@H]2CC[C@@H](NCc3sc4ccccc4c3Cl)CC2)nc2ccccc12. The first kappa shape index (κ1) is 21.4. The predicted octanol–water partition coefficient (Wildman–Crippen LogP) is 6.08. The van der Waals surface area contributed by atoms with Crippen molar-refractivity contribution in [3.63, 3.8) is 0 Å². The fraction of sp³-hybridized carbons (Fsp3) is 0.360. The first-order valence-electron chi connectivity index (χ1n) is 11.2. The van der Waals surface area contributed by atoms with Gasteiger partial charge < -0.3 is 15.5 Å². The van der Waals surface area contributed by atoms with Gasteiger partial charge in [-0.05, 0) is 43.9 Å². The van der Waals surface area contributed by atoms with E-state index in [2.05, 4.69) is 45.9 Å². The van der Waals surface area contributed by atoms with Crippen LogP contribution in [0.25, 0.3) is 21.0 Å². The lowest BCUT2D eigenvalue weighted by molar-refractivity contribution is 0.353. The Morgan fingerprint density at radius 2 is 1.62 bits per heavy atom. The number of benzene rings is 2. The van der Waals surface area contributed by atoms with Gasteiger partial charge in [-0.3, -0.25) is 0 Å². The molecule has 0 radical (unpaired) electrons. The van der Waals surface area contributed by atoms with Crippen molar-refractivity contribution in [1.29, 1.82) is 0 Å². The summed E-state index contributed by atoms with van der Waals surface area (Å²) in [5.74, 6) is 1.68. The molecule has 0 saturated heterocycles. The Kier molecular flexibility index (Phi) is 6.17. The number of thiophene rings is 1. The van der Waals surface area contributed by atoms with Crippen molar-refractivity contribution in [2.45, 2.75) is 44.3 Å². The Balaban J connectivity index is 1.19. The van der Waals surface area contributed by atoms with Gasteiger partial charge in [0.15, 0.2) is 0 Å². The molecule has 5 nitrogen and oxygen atoms in total. The van der Waals surface area contributed by atoms with Gasteiger partial charge >= 0.3 is 0 Å². The van der Waals surface area contributed by atoms with E-state index >= 15 is 0 Å². The van der Waals surface area contributed by atoms with Gasteiger partial charge in [0.2, 0.25) is 5.95 Å². The zero-order chi connectivity index (χ0) is 22.1. The molecule has 2 aromatic heterocycles. The molecule has 0 aliphatic heterocycles. The van der Waals surface area contributed by atoms with E-state index in [1.54, 1.807) is 11.3 Å². The number of hydrogen-bond donors (Lipinski definition) is 2. The standard InChI is InChI=1S/C25H28ClN5S/c1-31(2)24-18-7-3-5-9-20(18)29-25(30-24)28-17-13-11-16(12-14-17)27-15-22-23(26)19-8-4-6-10-21(19)32-22/h3-10,16-17,27H,11-15H2,1-2H3,(H,28,29,30)/t16-,17+. The largest absolute Gasteiger partial charge is 0.362 e. The van der Waals surface area contributed by atoms with Gasteiger partial charge in [-0.15, -0.1) is 11.3 Å². The maximum Gasteiger partial charge on any atom is 0.225 e. The van der Waals surface area contributed by atoms with Crippen molar-refractivity contribution in [1.82, 2.24) is 15.3 Å². The molecule has 166 valence electrons. The van der Waals surface area contributed by atoms with Gasteiger partial charge in [-0.25, -0.2) is 4.98 Å². The van der Waals surface area contributed by atoms with Gasteiger partial charge in [-0.2, -0.15) is 4.98 Å². The Hall–Kier alpha value is -2.41. The number of para-hydroxylation sites is 1. The van der Waals surface area contributed by atoms with Crippen LogP contribution in [0.1, 0.15) is 30.6 Å². The van der Waals surface area contributed by atoms with Crippen LogP contribution in [0.3, 0.4) is 0 Å². The van der Waals surface area contributed by atoms with Crippen molar-refractivity contribution in [2.75, 3.05) is 24.3 Å². The highest BCUT2D eigenvalue weighted by molar-refractivity contribution is 7.19. The van der Waals surface area contributed by atoms with Crippen LogP contribution in [0.5, 0.6) is 0 Å². The summed E-state index contributed by atoms with van der Waals surface area (Å²) >= 11 is 8.40. The molecule has 0 unspecified atom stereocenters. The lowest BCUT2D eigenvalue weighted by atomic mass is 9.91. The molecular weight excluding hydrogens is 438 g/mol. The maximum absolute atomic E-state index is 6.61. The number of aromatic nitrogens is 2. The van der Waals surface area contributed by atoms with E-state index in [9.17, 15) is 0 Å². The van der Waals surface area contributed by atoms with Crippen LogP contribution in [0.2, 0.25) is 5.02 Å². The third-order valence-corrected chi connectivity index (χ3v) is 7.93. The summed E-state index contributed by atoms with van der Waals surface area (Å²) in [4.78, 5) is 12.8. The molecule has 0 atom stereocenters. The van der Waals surface area contributed by atoms with Crippen molar-refractivity contribution in [2.24, 2.45) is 0 Å². The minimum Gasteiger partial charge on any atom is -0.362 e. The van der Waals surface area contributed by atoms with E-state index in [1.165, 1.54) is 9.58 Å². The Morgan fingerprint density at radius 3 is 2.38 bits per heavy atom. The van der Waals surface area contributed by atoms with Crippen molar-refractivity contribution >= 4 is 55.7 Å². The van der Waals surface area contributed by atoms with Gasteiger partial charge in [0, 0.05) is 53.1 Å². The van der Waals surface area contributed by atoms with Crippen LogP contribution in [0.15, 0.2) is 48.5 Å². The second-order valence-corrected chi connectivity index (χ2v) is 10.2. The number of hydrogen-bond acceptors (Lipinski definition) is 6. The normalized spacial score (nSPS) is 18.8. The molecule has 1 saturated carbocycles. The molecule has 7 heteroatoms. The average molecular weight is 466 g/mol. The molecule has 0 bridgehead atoms. The Labute approximate surface area is 197 Å². The Morgan fingerprint density at radius 1 is 0.938 bits per heavy atom. The molecule has 1 fully saturated rings. The number of anilines is 2. The van der Waals surface area contributed by atoms with E-state index in [0.29, 0.717) is 12.1 Å². The molecule has 0 spiro atoms. The number of fused-ring (bicyclic) bond motifs is 2. The third kappa shape index (κ3) is 4.40. The lowest BCUT2D eigenvalue weighted by Gasteiger charge is -2.30. The van der Waals surface area contributed by atoms with Crippen LogP contribution in [-0.4, -0.2) is 36.1 Å². The molecular formula is C25H28ClN5S. The van der Waals surface area contributed by atoms with Gasteiger partial charge in [0.25, 0.3) is 0 Å². The van der Waals surface area contributed by atoms with Gasteiger partial charge in [0.05, 0.1) is 10.5 Å². The maximum atomic E-state index is 6.61. The minimum atomic E-state index is 0.400. The zero-order valence-corrected chi connectivity index (χ0v) is 20.0. The molecule has 0 amide bonds. The smallest absolute Gasteiger partial charge is 0.225 e. The molecule has 4 aromatic rings. The second-order valence-electron chi connectivity index (χ2n) is 8.69. The van der Waals surface area contributed by atoms with E-state index in [-0.39, 0.29) is 0 Å². The topological polar surface area (TPSA) is 53.1 Å². The zero-order valence-electron chi connectivity index (χ0n) is 18.4. The average Bonchev–Trinajstić information content (AvgIpc) is 3.13. The number of halogens is 1. The van der Waals surface area contributed by atoms with Crippen LogP contribution < -0.4 is 15.5 Å². The third-order valence-electron chi connectivity index (χ3n) is 6.22. The first-order valence-corrected chi connectivity index (χ1v) is 12.4. The predicted molar refractivity (Wildman–Crippen MR) is 137 cm³/mol. The molecule has 2 N–H and O–H groups in total. The second kappa shape index (κ2) is 9.22. The molecule has 2 aromatic carbocycles. The summed E-state index contributed by atoms with van der Waals surface area (Å²) in [7, 11) is 4.05. The molecule has 5 rings (SSSR count). The highest BCUT2D eigenvalue weighted by Gasteiger charge is 2.22. The molecule has 1 aliphatic carbocycles. The number of rotatable bonds is 6. The van der Waals surface area contributed by atoms with E-state index < -0.39 is 0 Å². The van der Waals surface area contributed by atoms with Crippen LogP contribution in [0, 0.1) is 0 Å². The molecule has 32 heavy (non-hydrogen) atoms. The lowest BCUT2D eigenvalue weighted by Crippen LogP contribution is -2.36. The summed E-state index contributed by atoms with van der Waals surface area (Å²) in [6.07, 6.45) is 4.47. The summed E-state index contributed by atoms with van der Waals surface area (Å²) < 4.78 is 1.26. The van der Waals surface area contributed by atoms with E-state index in [4.69, 9.17) is 21.6 Å². The highest BCUT2D eigenvalue weighted by Crippen LogP contribution is 2.35. The van der Waals surface area contributed by atoms with Gasteiger partial charge in [-0.1, -0.05) is 41.9 Å². The van der Waals surface area contributed by atoms with Crippen molar-refractivity contribution in [3.8, 4) is 0 Å². The highest BCUT2D eigenvalue weighted by atomic mass is 35.5. The quantitative estimate of drug-likeness (QED) is 0.361. The van der Waals surface area contributed by atoms with E-state index in [1.807, 2.05) is 32.3 Å². The molecule has 2 heterocycles. The Bertz CT molecular complexity index is 1230. The van der Waals surface area contributed by atoms with Crippen molar-refractivity contribution in [3.05, 3.63) is 58.4 Å². The van der Waals surface area contributed by atoms with Crippen molar-refractivity contribution < 1.29 is 0 Å². The fourth-order valence-corrected chi connectivity index (χ4v) is 5.96. The minimum absolute atomic E-state index is 0.400. The fourth-order valence-electron chi connectivity index (χ4n) is 4.51. The van der Waals surface area contributed by atoms with Gasteiger partial charge in [0.1, 0.15) is 5.82 Å². The summed E-state index contributed by atoms with van der Waals surface area (Å²) in [6.45, 7) is 0.834.